The van der Waals surface area contributed by atoms with Crippen LogP contribution in [0.5, 0.6) is 5.75 Å². The Morgan fingerprint density at radius 1 is 1.12 bits per heavy atom. The van der Waals surface area contributed by atoms with Gasteiger partial charge in [0.25, 0.3) is 0 Å². The maximum absolute atomic E-state index is 9.70. The van der Waals surface area contributed by atoms with Crippen molar-refractivity contribution in [2.45, 2.75) is 13.3 Å². The molecule has 0 atom stereocenters. The van der Waals surface area contributed by atoms with Gasteiger partial charge in [-0.15, -0.1) is 0 Å². The molecule has 0 unspecified atom stereocenters. The molecule has 4 rings (SSSR count). The molecule has 0 aliphatic carbocycles. The summed E-state index contributed by atoms with van der Waals surface area (Å²) in [6.07, 6.45) is 13.6. The van der Waals surface area contributed by atoms with E-state index < -0.39 is 0 Å². The summed E-state index contributed by atoms with van der Waals surface area (Å²) in [5, 5.41) is 14.3. The first-order chi connectivity index (χ1) is 16.5. The number of nitrogens with one attached hydrogen (secondary N) is 2. The molecular weight excluding hydrogens is 424 g/mol. The Hall–Kier alpha value is -4.15. The van der Waals surface area contributed by atoms with Crippen LogP contribution in [0, 0.1) is 18.3 Å². The lowest BCUT2D eigenvalue weighted by atomic mass is 10.1. The van der Waals surface area contributed by atoms with E-state index in [0.29, 0.717) is 12.2 Å². The van der Waals surface area contributed by atoms with Crippen molar-refractivity contribution in [1.29, 1.82) is 5.26 Å². The second-order valence-electron chi connectivity index (χ2n) is 8.36. The molecular formula is C27H28N6O. The summed E-state index contributed by atoms with van der Waals surface area (Å²) < 4.78 is 5.84. The van der Waals surface area contributed by atoms with E-state index >= 15 is 0 Å². The number of aryl methyl sites for hydroxylation is 1. The number of fused-ring (bicyclic) bond motifs is 1. The molecule has 2 N–H and O–H groups in total. The molecule has 7 nitrogen and oxygen atoms in total. The number of H-pyrrole nitrogens is 1. The fourth-order valence-electron chi connectivity index (χ4n) is 3.74. The molecule has 34 heavy (non-hydrogen) atoms. The normalized spacial score (nSPS) is 11.3. The second-order valence-corrected chi connectivity index (χ2v) is 8.36. The lowest BCUT2D eigenvalue weighted by Crippen LogP contribution is -2.15. The zero-order chi connectivity index (χ0) is 23.9. The quantitative estimate of drug-likeness (QED) is 0.331. The Labute approximate surface area is 199 Å². The van der Waals surface area contributed by atoms with Crippen LogP contribution in [0.15, 0.2) is 55.2 Å². The van der Waals surface area contributed by atoms with Gasteiger partial charge in [-0.25, -0.2) is 0 Å². The predicted octanol–water partition coefficient (Wildman–Crippen LogP) is 5.38. The van der Waals surface area contributed by atoms with E-state index in [2.05, 4.69) is 44.2 Å². The lowest BCUT2D eigenvalue weighted by molar-refractivity contribution is 0.281. The van der Waals surface area contributed by atoms with Crippen LogP contribution in [-0.4, -0.2) is 47.1 Å². The number of nitriles is 1. The first-order valence-corrected chi connectivity index (χ1v) is 11.2. The highest BCUT2D eigenvalue weighted by molar-refractivity contribution is 5.90. The van der Waals surface area contributed by atoms with E-state index in [1.807, 2.05) is 50.6 Å². The number of hydrogen-bond donors (Lipinski definition) is 2. The van der Waals surface area contributed by atoms with Crippen molar-refractivity contribution >= 4 is 34.4 Å². The lowest BCUT2D eigenvalue weighted by Gasteiger charge is -2.14. The van der Waals surface area contributed by atoms with E-state index in [9.17, 15) is 5.26 Å². The summed E-state index contributed by atoms with van der Waals surface area (Å²) in [5.74, 6) is 0.735. The molecule has 0 radical (unpaired) electrons. The molecule has 0 spiro atoms. The van der Waals surface area contributed by atoms with Crippen LogP contribution in [0.25, 0.3) is 23.1 Å². The van der Waals surface area contributed by atoms with E-state index in [4.69, 9.17) is 4.74 Å². The first kappa shape index (κ1) is 23.0. The summed E-state index contributed by atoms with van der Waals surface area (Å²) in [4.78, 5) is 13.9. The minimum Gasteiger partial charge on any atom is -0.492 e. The van der Waals surface area contributed by atoms with Gasteiger partial charge < -0.3 is 19.9 Å². The van der Waals surface area contributed by atoms with E-state index in [1.165, 1.54) is 0 Å². The predicted molar refractivity (Wildman–Crippen MR) is 137 cm³/mol. The van der Waals surface area contributed by atoms with Crippen molar-refractivity contribution in [3.63, 3.8) is 0 Å². The number of aromatic amines is 1. The van der Waals surface area contributed by atoms with Gasteiger partial charge in [0.15, 0.2) is 0 Å². The second kappa shape index (κ2) is 10.6. The molecule has 3 aromatic heterocycles. The molecule has 4 aromatic rings. The summed E-state index contributed by atoms with van der Waals surface area (Å²) >= 11 is 0. The fourth-order valence-corrected chi connectivity index (χ4v) is 3.74. The molecule has 0 amide bonds. The van der Waals surface area contributed by atoms with Crippen LogP contribution in [0.4, 0.5) is 11.4 Å². The molecule has 3 heterocycles. The summed E-state index contributed by atoms with van der Waals surface area (Å²) in [7, 11) is 4.10. The zero-order valence-electron chi connectivity index (χ0n) is 19.7. The third-order valence-electron chi connectivity index (χ3n) is 5.57. The number of benzene rings is 1. The van der Waals surface area contributed by atoms with Crippen LogP contribution in [-0.2, 0) is 0 Å². The number of rotatable bonds is 9. The molecule has 1 aromatic carbocycles. The van der Waals surface area contributed by atoms with Gasteiger partial charge in [-0.1, -0.05) is 12.2 Å². The van der Waals surface area contributed by atoms with Crippen LogP contribution in [0.1, 0.15) is 28.7 Å². The Morgan fingerprint density at radius 3 is 2.79 bits per heavy atom. The van der Waals surface area contributed by atoms with Crippen molar-refractivity contribution in [3.05, 3.63) is 77.5 Å². The number of nitrogens with zero attached hydrogens (tertiary/aromatic N) is 4. The van der Waals surface area contributed by atoms with Crippen molar-refractivity contribution in [3.8, 4) is 11.8 Å². The third kappa shape index (κ3) is 5.42. The van der Waals surface area contributed by atoms with E-state index in [1.54, 1.807) is 24.8 Å². The van der Waals surface area contributed by atoms with Crippen molar-refractivity contribution in [2.75, 3.05) is 32.6 Å². The number of pyridine rings is 2. The van der Waals surface area contributed by atoms with Crippen molar-refractivity contribution < 1.29 is 4.74 Å². The molecule has 0 fully saturated rings. The minimum atomic E-state index is 0.479. The largest absolute Gasteiger partial charge is 0.492 e. The zero-order valence-corrected chi connectivity index (χ0v) is 19.7. The SMILES string of the molecule is Cc1c(Nc2c(C#N)cncc2C=Cc2cncc(OCCCN(C)C)c2)ccc2[nH]ccc12. The highest BCUT2D eigenvalue weighted by Crippen LogP contribution is 2.31. The number of aromatic nitrogens is 3. The molecule has 0 saturated heterocycles. The maximum atomic E-state index is 9.70. The molecule has 7 heteroatoms. The first-order valence-electron chi connectivity index (χ1n) is 11.2. The standard InChI is InChI=1S/C27H28N6O/c1-19-24-9-10-31-26(24)8-7-25(19)32-27-21(16-30-17-22(27)14-28)6-5-20-13-23(18-29-15-20)34-12-4-11-33(2)3/h5-10,13,15-18,31H,4,11-12H2,1-3H3,(H,30,32). The van der Waals surface area contributed by atoms with Crippen molar-refractivity contribution in [1.82, 2.24) is 19.9 Å². The average molecular weight is 453 g/mol. The van der Waals surface area contributed by atoms with E-state index in [-0.39, 0.29) is 0 Å². The fraction of sp³-hybridized carbons (Fsp3) is 0.222. The van der Waals surface area contributed by atoms with E-state index in [0.717, 1.165) is 57.7 Å². The monoisotopic (exact) mass is 452 g/mol. The Bertz CT molecular complexity index is 1350. The Morgan fingerprint density at radius 2 is 1.97 bits per heavy atom. The minimum absolute atomic E-state index is 0.479. The smallest absolute Gasteiger partial charge is 0.138 e. The van der Waals surface area contributed by atoms with Crippen LogP contribution in [0.3, 0.4) is 0 Å². The van der Waals surface area contributed by atoms with Crippen LogP contribution < -0.4 is 10.1 Å². The van der Waals surface area contributed by atoms with Gasteiger partial charge >= 0.3 is 0 Å². The van der Waals surface area contributed by atoms with Gasteiger partial charge in [-0.3, -0.25) is 9.97 Å². The Balaban J connectivity index is 1.56. The highest BCUT2D eigenvalue weighted by Gasteiger charge is 2.11. The number of ether oxygens (including phenoxy) is 1. The van der Waals surface area contributed by atoms with Gasteiger partial charge in [-0.05, 0) is 62.8 Å². The average Bonchev–Trinajstić information content (AvgIpc) is 3.33. The van der Waals surface area contributed by atoms with Gasteiger partial charge in [0, 0.05) is 53.5 Å². The molecule has 172 valence electrons. The Kier molecular flexibility index (Phi) is 7.21. The van der Waals surface area contributed by atoms with Crippen LogP contribution >= 0.6 is 0 Å². The summed E-state index contributed by atoms with van der Waals surface area (Å²) in [6.45, 7) is 3.68. The topological polar surface area (TPSA) is 89.9 Å². The summed E-state index contributed by atoms with van der Waals surface area (Å²) in [5.41, 5.74) is 6.04. The molecule has 0 saturated carbocycles. The van der Waals surface area contributed by atoms with Gasteiger partial charge in [0.1, 0.15) is 11.8 Å². The number of hydrogen-bond acceptors (Lipinski definition) is 6. The number of anilines is 2. The molecule has 0 aliphatic heterocycles. The molecule has 0 bridgehead atoms. The van der Waals surface area contributed by atoms with Gasteiger partial charge in [-0.2, -0.15) is 5.26 Å². The maximum Gasteiger partial charge on any atom is 0.138 e. The van der Waals surface area contributed by atoms with Gasteiger partial charge in [0.05, 0.1) is 24.1 Å². The van der Waals surface area contributed by atoms with Crippen molar-refractivity contribution in [2.24, 2.45) is 0 Å². The molecule has 0 aliphatic rings. The van der Waals surface area contributed by atoms with Crippen LogP contribution in [0.2, 0.25) is 0 Å². The van der Waals surface area contributed by atoms with Gasteiger partial charge in [0.2, 0.25) is 0 Å². The highest BCUT2D eigenvalue weighted by atomic mass is 16.5. The third-order valence-corrected chi connectivity index (χ3v) is 5.57. The summed E-state index contributed by atoms with van der Waals surface area (Å²) in [6, 6.07) is 10.3.